The summed E-state index contributed by atoms with van der Waals surface area (Å²) in [5.41, 5.74) is 1.74. The van der Waals surface area contributed by atoms with Crippen LogP contribution in [0.2, 0.25) is 0 Å². The van der Waals surface area contributed by atoms with Gasteiger partial charge in [0.25, 0.3) is 15.9 Å². The number of benzene rings is 1. The Balaban J connectivity index is 1.98. The number of aliphatic hydroxyl groups is 1. The molecular formula is C15H18N2O5S. The lowest BCUT2D eigenvalue weighted by Crippen LogP contribution is -2.28. The Morgan fingerprint density at radius 3 is 2.48 bits per heavy atom. The number of rotatable bonds is 6. The van der Waals surface area contributed by atoms with Crippen molar-refractivity contribution in [2.24, 2.45) is 0 Å². The van der Waals surface area contributed by atoms with Crippen molar-refractivity contribution in [2.45, 2.75) is 18.1 Å². The summed E-state index contributed by atoms with van der Waals surface area (Å²) in [5.74, 6) is -0.747. The van der Waals surface area contributed by atoms with E-state index >= 15 is 0 Å². The zero-order valence-electron chi connectivity index (χ0n) is 12.7. The smallest absolute Gasteiger partial charge is 0.287 e. The van der Waals surface area contributed by atoms with Crippen molar-refractivity contribution >= 4 is 15.9 Å². The molecule has 1 unspecified atom stereocenters. The number of aliphatic hydroxyl groups excluding tert-OH is 1. The van der Waals surface area contributed by atoms with Gasteiger partial charge in [0, 0.05) is 6.54 Å². The van der Waals surface area contributed by atoms with Crippen molar-refractivity contribution in [3.05, 3.63) is 53.3 Å². The molecule has 0 saturated carbocycles. The first-order valence-electron chi connectivity index (χ1n) is 6.89. The third-order valence-corrected chi connectivity index (χ3v) is 4.54. The van der Waals surface area contributed by atoms with E-state index in [2.05, 4.69) is 10.0 Å². The van der Waals surface area contributed by atoms with Crippen LogP contribution in [-0.2, 0) is 10.0 Å². The molecule has 3 N–H and O–H groups in total. The van der Waals surface area contributed by atoms with Gasteiger partial charge in [-0.1, -0.05) is 29.8 Å². The van der Waals surface area contributed by atoms with Crippen molar-refractivity contribution < 1.29 is 22.7 Å². The number of furan rings is 1. The molecule has 1 atom stereocenters. The van der Waals surface area contributed by atoms with Gasteiger partial charge in [0.15, 0.2) is 5.76 Å². The van der Waals surface area contributed by atoms with Gasteiger partial charge in [-0.25, -0.2) is 13.1 Å². The molecule has 1 amide bonds. The highest BCUT2D eigenvalue weighted by molar-refractivity contribution is 7.89. The Morgan fingerprint density at radius 2 is 1.87 bits per heavy atom. The topological polar surface area (TPSA) is 109 Å². The monoisotopic (exact) mass is 338 g/mol. The molecule has 0 aliphatic carbocycles. The van der Waals surface area contributed by atoms with Gasteiger partial charge in [0.05, 0.1) is 6.10 Å². The van der Waals surface area contributed by atoms with E-state index in [1.165, 1.54) is 19.2 Å². The minimum Gasteiger partial charge on any atom is -0.438 e. The van der Waals surface area contributed by atoms with E-state index in [0.717, 1.165) is 5.56 Å². The lowest BCUT2D eigenvalue weighted by molar-refractivity contribution is 0.0884. The first kappa shape index (κ1) is 17.2. The molecule has 1 aromatic carbocycles. The van der Waals surface area contributed by atoms with E-state index in [1.54, 1.807) is 12.1 Å². The average molecular weight is 338 g/mol. The quantitative estimate of drug-likeness (QED) is 0.727. The van der Waals surface area contributed by atoms with E-state index in [4.69, 9.17) is 4.42 Å². The van der Waals surface area contributed by atoms with Crippen molar-refractivity contribution in [3.63, 3.8) is 0 Å². The Hall–Kier alpha value is -2.16. The van der Waals surface area contributed by atoms with Gasteiger partial charge in [-0.15, -0.1) is 0 Å². The zero-order chi connectivity index (χ0) is 17.0. The summed E-state index contributed by atoms with van der Waals surface area (Å²) in [5, 5.41) is 12.2. The molecule has 0 bridgehead atoms. The molecule has 0 aliphatic rings. The fourth-order valence-electron chi connectivity index (χ4n) is 1.87. The number of nitrogens with one attached hydrogen (secondary N) is 2. The van der Waals surface area contributed by atoms with Crippen molar-refractivity contribution in [2.75, 3.05) is 13.6 Å². The minimum atomic E-state index is -3.74. The van der Waals surface area contributed by atoms with E-state index in [-0.39, 0.29) is 17.4 Å². The molecule has 2 aromatic rings. The molecule has 0 saturated heterocycles. The van der Waals surface area contributed by atoms with Crippen LogP contribution in [0.5, 0.6) is 0 Å². The Kier molecular flexibility index (Phi) is 5.19. The third kappa shape index (κ3) is 4.19. The molecule has 0 fully saturated rings. The molecule has 1 heterocycles. The number of hydrogen-bond donors (Lipinski definition) is 3. The van der Waals surface area contributed by atoms with Crippen LogP contribution in [-0.4, -0.2) is 33.0 Å². The number of amides is 1. The maximum atomic E-state index is 11.9. The summed E-state index contributed by atoms with van der Waals surface area (Å²) in [4.78, 5) is 11.9. The van der Waals surface area contributed by atoms with Crippen LogP contribution in [0.3, 0.4) is 0 Å². The first-order valence-corrected chi connectivity index (χ1v) is 8.38. The van der Waals surface area contributed by atoms with Crippen LogP contribution < -0.4 is 10.0 Å². The summed E-state index contributed by atoms with van der Waals surface area (Å²) < 4.78 is 30.2. The first-order chi connectivity index (χ1) is 10.8. The second-order valence-electron chi connectivity index (χ2n) is 4.96. The fraction of sp³-hybridized carbons (Fsp3) is 0.267. The van der Waals surface area contributed by atoms with Gasteiger partial charge >= 0.3 is 0 Å². The van der Waals surface area contributed by atoms with E-state index < -0.39 is 22.0 Å². The molecule has 0 spiro atoms. The van der Waals surface area contributed by atoms with Crippen LogP contribution in [0.4, 0.5) is 0 Å². The number of sulfonamides is 1. The highest BCUT2D eigenvalue weighted by Crippen LogP contribution is 2.15. The molecule has 7 nitrogen and oxygen atoms in total. The molecule has 2 rings (SSSR count). The molecule has 1 aromatic heterocycles. The minimum absolute atomic E-state index is 0.0172. The predicted molar refractivity (Wildman–Crippen MR) is 83.4 cm³/mol. The van der Waals surface area contributed by atoms with Crippen molar-refractivity contribution in [1.29, 1.82) is 0 Å². The second kappa shape index (κ2) is 6.95. The van der Waals surface area contributed by atoms with E-state index in [1.807, 2.05) is 19.1 Å². The highest BCUT2D eigenvalue weighted by atomic mass is 32.2. The molecule has 23 heavy (non-hydrogen) atoms. The van der Waals surface area contributed by atoms with Gasteiger partial charge in [0.2, 0.25) is 5.09 Å². The van der Waals surface area contributed by atoms with Gasteiger partial charge in [-0.05, 0) is 31.7 Å². The number of carbonyl (C=O) groups is 1. The summed E-state index contributed by atoms with van der Waals surface area (Å²) in [6.45, 7) is 1.92. The number of aryl methyl sites for hydroxylation is 1. The van der Waals surface area contributed by atoms with Crippen LogP contribution in [0.25, 0.3) is 0 Å². The van der Waals surface area contributed by atoms with Crippen LogP contribution in [0.1, 0.15) is 27.8 Å². The maximum Gasteiger partial charge on any atom is 0.287 e. The Labute approximate surface area is 134 Å². The van der Waals surface area contributed by atoms with Crippen molar-refractivity contribution in [3.8, 4) is 0 Å². The molecule has 0 radical (unpaired) electrons. The molecule has 124 valence electrons. The van der Waals surface area contributed by atoms with Crippen LogP contribution in [0.15, 0.2) is 45.9 Å². The second-order valence-corrected chi connectivity index (χ2v) is 6.78. The zero-order valence-corrected chi connectivity index (χ0v) is 13.6. The van der Waals surface area contributed by atoms with Crippen molar-refractivity contribution in [1.82, 2.24) is 10.0 Å². The summed E-state index contributed by atoms with van der Waals surface area (Å²) >= 11 is 0. The molecule has 0 aliphatic heterocycles. The number of carbonyl (C=O) groups excluding carboxylic acids is 1. The van der Waals surface area contributed by atoms with E-state index in [9.17, 15) is 18.3 Å². The Morgan fingerprint density at radius 1 is 1.22 bits per heavy atom. The standard InChI is InChI=1S/C15H18N2O5S/c1-10-3-5-11(6-4-10)12(18)9-17-15(19)13-7-8-14(22-13)23(20,21)16-2/h3-8,12,16,18H,9H2,1-2H3,(H,17,19). The molecular weight excluding hydrogens is 320 g/mol. The largest absolute Gasteiger partial charge is 0.438 e. The predicted octanol–water partition coefficient (Wildman–Crippen LogP) is 0.960. The number of hydrogen-bond acceptors (Lipinski definition) is 5. The highest BCUT2D eigenvalue weighted by Gasteiger charge is 2.20. The lowest BCUT2D eigenvalue weighted by atomic mass is 10.1. The normalized spacial score (nSPS) is 12.8. The summed E-state index contributed by atoms with van der Waals surface area (Å²) in [6, 6.07) is 9.73. The van der Waals surface area contributed by atoms with Gasteiger partial charge in [-0.2, -0.15) is 0 Å². The lowest BCUT2D eigenvalue weighted by Gasteiger charge is -2.11. The van der Waals surface area contributed by atoms with Gasteiger partial charge in [-0.3, -0.25) is 4.79 Å². The van der Waals surface area contributed by atoms with Crippen LogP contribution >= 0.6 is 0 Å². The SMILES string of the molecule is CNS(=O)(=O)c1ccc(C(=O)NCC(O)c2ccc(C)cc2)o1. The van der Waals surface area contributed by atoms with Crippen LogP contribution in [0, 0.1) is 6.92 Å². The average Bonchev–Trinajstić information content (AvgIpc) is 3.04. The fourth-order valence-corrected chi connectivity index (χ4v) is 2.52. The Bertz CT molecular complexity index is 780. The van der Waals surface area contributed by atoms with Gasteiger partial charge in [0.1, 0.15) is 0 Å². The maximum absolute atomic E-state index is 11.9. The summed E-state index contributed by atoms with van der Waals surface area (Å²) in [6.07, 6.45) is -0.866. The molecule has 8 heteroatoms. The van der Waals surface area contributed by atoms with Gasteiger partial charge < -0.3 is 14.8 Å². The summed E-state index contributed by atoms with van der Waals surface area (Å²) in [7, 11) is -2.49. The van der Waals surface area contributed by atoms with E-state index in [0.29, 0.717) is 5.56 Å². The third-order valence-electron chi connectivity index (χ3n) is 3.26.